The molecule has 1 rings (SSSR count). The van der Waals surface area contributed by atoms with Gasteiger partial charge in [-0.1, -0.05) is 100 Å². The Morgan fingerprint density at radius 3 is 2.12 bits per heavy atom. The second-order valence-corrected chi connectivity index (χ2v) is 9.70. The molecule has 25 heavy (non-hydrogen) atoms. The van der Waals surface area contributed by atoms with Gasteiger partial charge in [0, 0.05) is 17.4 Å². The first-order valence-electron chi connectivity index (χ1n) is 10.7. The lowest BCUT2D eigenvalue weighted by Crippen LogP contribution is -2.04. The molecule has 4 heteroatoms. The Morgan fingerprint density at radius 1 is 0.880 bits per heavy atom. The van der Waals surface area contributed by atoms with Gasteiger partial charge < -0.3 is 4.74 Å². The molecule has 1 aliphatic rings. The van der Waals surface area contributed by atoms with Gasteiger partial charge in [-0.05, 0) is 25.7 Å². The zero-order valence-electron chi connectivity index (χ0n) is 17.0. The van der Waals surface area contributed by atoms with E-state index in [1.165, 1.54) is 63.5 Å². The van der Waals surface area contributed by atoms with Crippen LogP contribution in [0.2, 0.25) is 0 Å². The molecule has 1 fully saturated rings. The van der Waals surface area contributed by atoms with Crippen molar-refractivity contribution >= 4 is 27.6 Å². The van der Waals surface area contributed by atoms with Crippen LogP contribution in [0.15, 0.2) is 0 Å². The van der Waals surface area contributed by atoms with Gasteiger partial charge in [0.05, 0.1) is 6.61 Å². The SMILES string of the molecule is CCCCCC(=O)OCCC.CCCCCCCCCC1CCSS1. The molecular weight excluding hydrogens is 348 g/mol. The maximum absolute atomic E-state index is 10.9. The predicted molar refractivity (Wildman–Crippen MR) is 116 cm³/mol. The predicted octanol–water partition coefficient (Wildman–Crippen LogP) is 7.80. The smallest absolute Gasteiger partial charge is 0.305 e. The fraction of sp³-hybridized carbons (Fsp3) is 0.952. The van der Waals surface area contributed by atoms with E-state index in [0.717, 1.165) is 30.9 Å². The Hall–Kier alpha value is 0.170. The zero-order valence-corrected chi connectivity index (χ0v) is 18.7. The van der Waals surface area contributed by atoms with E-state index in [4.69, 9.17) is 4.74 Å². The van der Waals surface area contributed by atoms with Crippen LogP contribution in [0.3, 0.4) is 0 Å². The van der Waals surface area contributed by atoms with E-state index >= 15 is 0 Å². The van der Waals surface area contributed by atoms with Crippen molar-refractivity contribution in [3.05, 3.63) is 0 Å². The van der Waals surface area contributed by atoms with Crippen molar-refractivity contribution in [1.29, 1.82) is 0 Å². The van der Waals surface area contributed by atoms with Crippen LogP contribution in [0, 0.1) is 0 Å². The van der Waals surface area contributed by atoms with E-state index in [-0.39, 0.29) is 5.97 Å². The van der Waals surface area contributed by atoms with E-state index in [9.17, 15) is 4.79 Å². The summed E-state index contributed by atoms with van der Waals surface area (Å²) < 4.78 is 4.90. The molecule has 1 heterocycles. The lowest BCUT2D eigenvalue weighted by molar-refractivity contribution is -0.143. The van der Waals surface area contributed by atoms with Crippen LogP contribution >= 0.6 is 21.6 Å². The van der Waals surface area contributed by atoms with Crippen molar-refractivity contribution in [3.8, 4) is 0 Å². The average Bonchev–Trinajstić information content (AvgIpc) is 3.13. The van der Waals surface area contributed by atoms with Crippen molar-refractivity contribution in [3.63, 3.8) is 0 Å². The molecular formula is C21H42O2S2. The molecule has 0 amide bonds. The van der Waals surface area contributed by atoms with E-state index in [1.54, 1.807) is 0 Å². The van der Waals surface area contributed by atoms with Gasteiger partial charge in [-0.25, -0.2) is 0 Å². The Labute approximate surface area is 165 Å². The highest BCUT2D eigenvalue weighted by atomic mass is 33.1. The second kappa shape index (κ2) is 20.5. The van der Waals surface area contributed by atoms with Crippen molar-refractivity contribution in [2.24, 2.45) is 0 Å². The molecule has 1 aliphatic heterocycles. The number of unbranched alkanes of at least 4 members (excludes halogenated alkanes) is 8. The summed E-state index contributed by atoms with van der Waals surface area (Å²) in [5, 5.41) is 0.996. The number of rotatable bonds is 14. The average molecular weight is 391 g/mol. The Kier molecular flexibility index (Phi) is 20.6. The summed E-state index contributed by atoms with van der Waals surface area (Å²) in [4.78, 5) is 10.9. The molecule has 1 saturated heterocycles. The molecule has 2 nitrogen and oxygen atoms in total. The highest BCUT2D eigenvalue weighted by Gasteiger charge is 2.15. The molecule has 150 valence electrons. The Morgan fingerprint density at radius 2 is 1.52 bits per heavy atom. The second-order valence-electron chi connectivity index (χ2n) is 6.92. The van der Waals surface area contributed by atoms with Gasteiger partial charge in [-0.3, -0.25) is 4.79 Å². The van der Waals surface area contributed by atoms with Crippen LogP contribution < -0.4 is 0 Å². The number of hydrogen-bond donors (Lipinski definition) is 0. The highest BCUT2D eigenvalue weighted by molar-refractivity contribution is 8.77. The van der Waals surface area contributed by atoms with Gasteiger partial charge in [0.2, 0.25) is 0 Å². The minimum atomic E-state index is -0.0414. The minimum absolute atomic E-state index is 0.0414. The minimum Gasteiger partial charge on any atom is -0.466 e. The summed E-state index contributed by atoms with van der Waals surface area (Å²) >= 11 is 0. The molecule has 0 aliphatic carbocycles. The first-order chi connectivity index (χ1) is 12.2. The third-order valence-corrected chi connectivity index (χ3v) is 7.32. The summed E-state index contributed by atoms with van der Waals surface area (Å²) in [6.45, 7) is 6.98. The van der Waals surface area contributed by atoms with Crippen LogP contribution in [-0.4, -0.2) is 23.6 Å². The number of carbonyl (C=O) groups excluding carboxylic acids is 1. The summed E-state index contributed by atoms with van der Waals surface area (Å²) in [7, 11) is 4.20. The lowest BCUT2D eigenvalue weighted by Gasteiger charge is -2.06. The monoisotopic (exact) mass is 390 g/mol. The van der Waals surface area contributed by atoms with Gasteiger partial charge >= 0.3 is 5.97 Å². The maximum Gasteiger partial charge on any atom is 0.305 e. The molecule has 0 N–H and O–H groups in total. The van der Waals surface area contributed by atoms with E-state index < -0.39 is 0 Å². The topological polar surface area (TPSA) is 26.3 Å². The largest absolute Gasteiger partial charge is 0.466 e. The van der Waals surface area contributed by atoms with Gasteiger partial charge in [0.1, 0.15) is 0 Å². The molecule has 1 unspecified atom stereocenters. The molecule has 0 spiro atoms. The van der Waals surface area contributed by atoms with E-state index in [0.29, 0.717) is 13.0 Å². The molecule has 0 aromatic heterocycles. The fourth-order valence-electron chi connectivity index (χ4n) is 2.70. The Bertz CT molecular complexity index is 279. The van der Waals surface area contributed by atoms with E-state index in [1.807, 2.05) is 6.92 Å². The summed E-state index contributed by atoms with van der Waals surface area (Å²) in [5.41, 5.74) is 0. The van der Waals surface area contributed by atoms with E-state index in [2.05, 4.69) is 35.4 Å². The first-order valence-corrected chi connectivity index (χ1v) is 13.1. The van der Waals surface area contributed by atoms with Crippen molar-refractivity contribution in [2.75, 3.05) is 12.4 Å². The number of carbonyl (C=O) groups is 1. The van der Waals surface area contributed by atoms with Crippen molar-refractivity contribution in [1.82, 2.24) is 0 Å². The molecule has 1 atom stereocenters. The lowest BCUT2D eigenvalue weighted by atomic mass is 10.1. The molecule has 0 aromatic rings. The molecule has 0 aromatic carbocycles. The number of hydrogen-bond acceptors (Lipinski definition) is 4. The van der Waals surface area contributed by atoms with Crippen molar-refractivity contribution < 1.29 is 9.53 Å². The van der Waals surface area contributed by atoms with Gasteiger partial charge in [-0.2, -0.15) is 0 Å². The zero-order chi connectivity index (χ0) is 18.6. The molecule has 0 bridgehead atoms. The molecule has 0 saturated carbocycles. The van der Waals surface area contributed by atoms with Crippen LogP contribution in [0.1, 0.15) is 111 Å². The third kappa shape index (κ3) is 18.8. The summed E-state index contributed by atoms with van der Waals surface area (Å²) in [5.74, 6) is 1.35. The van der Waals surface area contributed by atoms with Crippen LogP contribution in [0.5, 0.6) is 0 Å². The van der Waals surface area contributed by atoms with Crippen LogP contribution in [-0.2, 0) is 9.53 Å². The van der Waals surface area contributed by atoms with Crippen LogP contribution in [0.25, 0.3) is 0 Å². The maximum atomic E-state index is 10.9. The van der Waals surface area contributed by atoms with Gasteiger partial charge in [0.25, 0.3) is 0 Å². The Balaban J connectivity index is 0.000000477. The standard InChI is InChI=1S/C12H24S2.C9H18O2/c1-2-3-4-5-6-7-8-9-12-10-11-13-14-12;1-3-5-6-7-9(10)11-8-4-2/h12H,2-11H2,1H3;3-8H2,1-2H3. The first kappa shape index (κ1) is 25.2. The number of esters is 1. The highest BCUT2D eigenvalue weighted by Crippen LogP contribution is 2.39. The van der Waals surface area contributed by atoms with Crippen molar-refractivity contribution in [2.45, 2.75) is 116 Å². The summed E-state index contributed by atoms with van der Waals surface area (Å²) in [6, 6.07) is 0. The summed E-state index contributed by atoms with van der Waals surface area (Å²) in [6.07, 6.45) is 17.9. The number of ether oxygens (including phenoxy) is 1. The van der Waals surface area contributed by atoms with Gasteiger partial charge in [0.15, 0.2) is 0 Å². The molecule has 0 radical (unpaired) electrons. The van der Waals surface area contributed by atoms with Gasteiger partial charge in [-0.15, -0.1) is 0 Å². The normalized spacial score (nSPS) is 16.4. The third-order valence-electron chi connectivity index (χ3n) is 4.31. The fourth-order valence-corrected chi connectivity index (χ4v) is 5.73. The van der Waals surface area contributed by atoms with Crippen LogP contribution in [0.4, 0.5) is 0 Å². The quantitative estimate of drug-likeness (QED) is 0.172.